The summed E-state index contributed by atoms with van der Waals surface area (Å²) in [5, 5.41) is 5.96. The Morgan fingerprint density at radius 1 is 1.15 bits per heavy atom. The summed E-state index contributed by atoms with van der Waals surface area (Å²) in [6, 6.07) is 11.4. The molecule has 2 radical (unpaired) electrons. The van der Waals surface area contributed by atoms with E-state index in [1.54, 1.807) is 12.3 Å². The molecule has 0 saturated carbocycles. The second kappa shape index (κ2) is 11.1. The molecule has 2 aromatic heterocycles. The summed E-state index contributed by atoms with van der Waals surface area (Å²) in [5.41, 5.74) is 2.72. The average Bonchev–Trinajstić information content (AvgIpc) is 2.77. The van der Waals surface area contributed by atoms with Gasteiger partial charge in [0.1, 0.15) is 17.6 Å². The molecule has 0 aliphatic rings. The Morgan fingerprint density at radius 3 is 2.79 bits per heavy atom. The van der Waals surface area contributed by atoms with E-state index in [0.29, 0.717) is 30.4 Å². The van der Waals surface area contributed by atoms with Gasteiger partial charge in [-0.3, -0.25) is 0 Å². The van der Waals surface area contributed by atoms with Gasteiger partial charge in [-0.1, -0.05) is 12.1 Å². The highest BCUT2D eigenvalue weighted by Crippen LogP contribution is 2.19. The monoisotopic (exact) mass is 440 g/mol. The number of nitrogens with one attached hydrogen (secondary N) is 2. The van der Waals surface area contributed by atoms with Crippen LogP contribution >= 0.6 is 0 Å². The van der Waals surface area contributed by atoms with Gasteiger partial charge in [0.15, 0.2) is 5.82 Å². The van der Waals surface area contributed by atoms with E-state index in [-0.39, 0.29) is 6.32 Å². The molecule has 2 heterocycles. The summed E-state index contributed by atoms with van der Waals surface area (Å²) in [5.74, 6) is 6.60. The number of carbonyl (C=O) groups excluding carboxylic acids is 1. The van der Waals surface area contributed by atoms with Crippen molar-refractivity contribution in [2.45, 2.75) is 39.1 Å². The second-order valence-corrected chi connectivity index (χ2v) is 8.07. The van der Waals surface area contributed by atoms with Crippen LogP contribution in [0, 0.1) is 11.8 Å². The minimum Gasteiger partial charge on any atom is -0.444 e. The molecule has 33 heavy (non-hydrogen) atoms. The third-order valence-electron chi connectivity index (χ3n) is 4.17. The van der Waals surface area contributed by atoms with Crippen LogP contribution in [0.25, 0.3) is 11.4 Å². The molecule has 0 atom stereocenters. The first-order valence-corrected chi connectivity index (χ1v) is 10.5. The number of anilines is 2. The van der Waals surface area contributed by atoms with Gasteiger partial charge in [-0.05, 0) is 69.3 Å². The first-order chi connectivity index (χ1) is 15.8. The lowest BCUT2D eigenvalue weighted by Crippen LogP contribution is -2.33. The molecular weight excluding hydrogens is 415 g/mol. The molecule has 1 amide bonds. The smallest absolute Gasteiger partial charge is 0.407 e. The zero-order chi connectivity index (χ0) is 23.7. The SMILES string of the molecule is [B]CC#Cc1cc(-c2ncnc(Nc3cccc(CCNC(=O)OC(C)(C)C)c3)n2)ccn1. The van der Waals surface area contributed by atoms with E-state index in [1.807, 2.05) is 51.1 Å². The summed E-state index contributed by atoms with van der Waals surface area (Å²) >= 11 is 0. The van der Waals surface area contributed by atoms with E-state index >= 15 is 0 Å². The maximum Gasteiger partial charge on any atom is 0.407 e. The van der Waals surface area contributed by atoms with Crippen LogP contribution in [0.1, 0.15) is 32.0 Å². The van der Waals surface area contributed by atoms with Crippen LogP contribution in [-0.2, 0) is 11.2 Å². The minimum absolute atomic E-state index is 0.266. The van der Waals surface area contributed by atoms with E-state index in [2.05, 4.69) is 42.4 Å². The number of rotatable bonds is 6. The lowest BCUT2D eigenvalue weighted by molar-refractivity contribution is 0.0528. The quantitative estimate of drug-likeness (QED) is 0.445. The van der Waals surface area contributed by atoms with Crippen LogP contribution in [-0.4, -0.2) is 46.0 Å². The van der Waals surface area contributed by atoms with Crippen molar-refractivity contribution in [1.82, 2.24) is 25.3 Å². The van der Waals surface area contributed by atoms with Gasteiger partial charge in [0.25, 0.3) is 0 Å². The number of alkyl carbamates (subject to hydrolysis) is 1. The average molecular weight is 440 g/mol. The minimum atomic E-state index is -0.521. The first-order valence-electron chi connectivity index (χ1n) is 10.5. The molecule has 0 saturated heterocycles. The zero-order valence-electron chi connectivity index (χ0n) is 18.9. The van der Waals surface area contributed by atoms with Gasteiger partial charge >= 0.3 is 6.09 Å². The van der Waals surface area contributed by atoms with E-state index < -0.39 is 11.7 Å². The number of pyridine rings is 1. The van der Waals surface area contributed by atoms with Crippen LogP contribution in [0.4, 0.5) is 16.4 Å². The number of hydrogen-bond donors (Lipinski definition) is 2. The lowest BCUT2D eigenvalue weighted by atomic mass is 10.1. The van der Waals surface area contributed by atoms with Crippen molar-refractivity contribution in [3.8, 4) is 23.2 Å². The van der Waals surface area contributed by atoms with Crippen molar-refractivity contribution in [2.24, 2.45) is 0 Å². The zero-order valence-corrected chi connectivity index (χ0v) is 18.9. The van der Waals surface area contributed by atoms with E-state index in [1.165, 1.54) is 6.33 Å². The topological polar surface area (TPSA) is 102 Å². The summed E-state index contributed by atoms with van der Waals surface area (Å²) in [6.07, 6.45) is 3.60. The molecule has 0 fully saturated rings. The van der Waals surface area contributed by atoms with Crippen LogP contribution in [0.3, 0.4) is 0 Å². The summed E-state index contributed by atoms with van der Waals surface area (Å²) in [6.45, 7) is 5.96. The predicted octanol–water partition coefficient (Wildman–Crippen LogP) is 3.68. The lowest BCUT2D eigenvalue weighted by Gasteiger charge is -2.19. The van der Waals surface area contributed by atoms with Gasteiger partial charge in [0.05, 0.1) is 7.85 Å². The van der Waals surface area contributed by atoms with E-state index in [0.717, 1.165) is 16.8 Å². The molecule has 3 rings (SSSR count). The number of aromatic nitrogens is 4. The molecule has 0 unspecified atom stereocenters. The fraction of sp³-hybridized carbons (Fsp3) is 0.292. The van der Waals surface area contributed by atoms with Gasteiger partial charge in [-0.2, -0.15) is 4.98 Å². The molecule has 0 aliphatic carbocycles. The second-order valence-electron chi connectivity index (χ2n) is 8.07. The highest BCUT2D eigenvalue weighted by atomic mass is 16.6. The Morgan fingerprint density at radius 2 is 2.00 bits per heavy atom. The maximum absolute atomic E-state index is 11.8. The number of ether oxygens (including phenoxy) is 1. The number of amides is 1. The molecular formula is C24H25BN6O2. The van der Waals surface area contributed by atoms with Crippen molar-refractivity contribution in [1.29, 1.82) is 0 Å². The van der Waals surface area contributed by atoms with Crippen LogP contribution in [0.15, 0.2) is 48.9 Å². The Hall–Kier alpha value is -3.93. The van der Waals surface area contributed by atoms with Crippen LogP contribution in [0.2, 0.25) is 6.32 Å². The Balaban J connectivity index is 1.64. The largest absolute Gasteiger partial charge is 0.444 e. The van der Waals surface area contributed by atoms with Gasteiger partial charge < -0.3 is 15.4 Å². The molecule has 3 aromatic rings. The van der Waals surface area contributed by atoms with Crippen molar-refractivity contribution in [2.75, 3.05) is 11.9 Å². The fourth-order valence-electron chi connectivity index (χ4n) is 2.83. The normalized spacial score (nSPS) is 10.6. The van der Waals surface area contributed by atoms with Crippen molar-refractivity contribution >= 4 is 25.6 Å². The van der Waals surface area contributed by atoms with Gasteiger partial charge in [0.2, 0.25) is 5.95 Å². The van der Waals surface area contributed by atoms with Crippen molar-refractivity contribution < 1.29 is 9.53 Å². The Labute approximate surface area is 195 Å². The molecule has 0 aliphatic heterocycles. The number of nitrogens with zero attached hydrogens (tertiary/aromatic N) is 4. The van der Waals surface area contributed by atoms with E-state index in [9.17, 15) is 4.79 Å². The van der Waals surface area contributed by atoms with Gasteiger partial charge in [0, 0.05) is 24.0 Å². The van der Waals surface area contributed by atoms with Gasteiger partial charge in [-0.25, -0.2) is 19.7 Å². The Bertz CT molecular complexity index is 1170. The first kappa shape index (κ1) is 23.7. The number of carbonyl (C=O) groups is 1. The Kier molecular flexibility index (Phi) is 7.98. The third kappa shape index (κ3) is 7.93. The molecule has 0 bridgehead atoms. The molecule has 2 N–H and O–H groups in total. The standard InChI is InChI=1S/C24H25BN6O2/c1-24(2,3)33-23(32)27-12-9-17-6-4-7-20(14-17)30-22-29-16-28-21(31-22)18-10-13-26-19(15-18)8-5-11-25/h4,6-7,10,13-16H,9,11-12H2,1-3H3,(H,27,32)(H,28,29,30,31). The molecule has 0 spiro atoms. The summed E-state index contributed by atoms with van der Waals surface area (Å²) < 4.78 is 5.25. The summed E-state index contributed by atoms with van der Waals surface area (Å²) in [4.78, 5) is 29.0. The van der Waals surface area contributed by atoms with Crippen LogP contribution in [0.5, 0.6) is 0 Å². The molecule has 9 heteroatoms. The predicted molar refractivity (Wildman–Crippen MR) is 128 cm³/mol. The highest BCUT2D eigenvalue weighted by Gasteiger charge is 2.15. The maximum atomic E-state index is 11.8. The van der Waals surface area contributed by atoms with Gasteiger partial charge in [-0.15, -0.1) is 5.92 Å². The van der Waals surface area contributed by atoms with E-state index in [4.69, 9.17) is 12.6 Å². The number of benzene rings is 1. The third-order valence-corrected chi connectivity index (χ3v) is 4.17. The molecule has 1 aromatic carbocycles. The molecule has 8 nitrogen and oxygen atoms in total. The van der Waals surface area contributed by atoms with Crippen molar-refractivity contribution in [3.05, 3.63) is 60.2 Å². The fourth-order valence-corrected chi connectivity index (χ4v) is 2.83. The van der Waals surface area contributed by atoms with Crippen molar-refractivity contribution in [3.63, 3.8) is 0 Å². The number of hydrogen-bond acceptors (Lipinski definition) is 7. The summed E-state index contributed by atoms with van der Waals surface area (Å²) in [7, 11) is 5.42. The molecule has 166 valence electrons. The highest BCUT2D eigenvalue weighted by molar-refractivity contribution is 6.10. The van der Waals surface area contributed by atoms with Crippen LogP contribution < -0.4 is 10.6 Å².